The van der Waals surface area contributed by atoms with Crippen molar-refractivity contribution in [2.24, 2.45) is 5.92 Å². The normalized spacial score (nSPS) is 20.0. The predicted octanol–water partition coefficient (Wildman–Crippen LogP) is 2.99. The van der Waals surface area contributed by atoms with Gasteiger partial charge in [0.25, 0.3) is 0 Å². The van der Waals surface area contributed by atoms with Gasteiger partial charge in [0, 0.05) is 38.2 Å². The van der Waals surface area contributed by atoms with Crippen LogP contribution >= 0.6 is 11.6 Å². The quantitative estimate of drug-likeness (QED) is 0.858. The number of amides is 1. The molecule has 28 heavy (non-hydrogen) atoms. The number of pyridine rings is 1. The summed E-state index contributed by atoms with van der Waals surface area (Å²) in [5, 5.41) is 10.3. The highest BCUT2D eigenvalue weighted by Gasteiger charge is 2.38. The summed E-state index contributed by atoms with van der Waals surface area (Å²) < 4.78 is 0. The zero-order valence-corrected chi connectivity index (χ0v) is 16.2. The maximum atomic E-state index is 13.2. The lowest BCUT2D eigenvalue weighted by molar-refractivity contribution is -0.153. The highest BCUT2D eigenvalue weighted by molar-refractivity contribution is 6.30. The van der Waals surface area contributed by atoms with E-state index in [9.17, 15) is 14.7 Å². The van der Waals surface area contributed by atoms with Crippen molar-refractivity contribution in [1.82, 2.24) is 9.88 Å². The molecule has 1 aromatic carbocycles. The number of nitrogens with zero attached hydrogens (tertiary/aromatic N) is 3. The van der Waals surface area contributed by atoms with Crippen molar-refractivity contribution in [3.63, 3.8) is 0 Å². The fraction of sp³-hybridized carbons (Fsp3) is 0.381. The van der Waals surface area contributed by atoms with Crippen molar-refractivity contribution in [3.8, 4) is 0 Å². The van der Waals surface area contributed by atoms with E-state index < -0.39 is 12.0 Å². The minimum atomic E-state index is -0.939. The molecule has 6 nitrogen and oxygen atoms in total. The lowest BCUT2D eigenvalue weighted by Gasteiger charge is -2.39. The Labute approximate surface area is 168 Å². The number of piperidine rings is 1. The topological polar surface area (TPSA) is 73.7 Å². The van der Waals surface area contributed by atoms with Crippen LogP contribution in [0.2, 0.25) is 5.02 Å². The van der Waals surface area contributed by atoms with Gasteiger partial charge in [-0.05, 0) is 36.1 Å². The number of carboxylic acid groups (broad SMARTS) is 1. The molecule has 0 radical (unpaired) electrons. The first-order valence-electron chi connectivity index (χ1n) is 9.49. The number of rotatable bonds is 3. The summed E-state index contributed by atoms with van der Waals surface area (Å²) in [6.45, 7) is 1.80. The predicted molar refractivity (Wildman–Crippen MR) is 106 cm³/mol. The van der Waals surface area contributed by atoms with Crippen LogP contribution in [0.1, 0.15) is 24.0 Å². The summed E-state index contributed by atoms with van der Waals surface area (Å²) in [6, 6.07) is 10.7. The average molecular weight is 400 g/mol. The minimum absolute atomic E-state index is 0.0504. The highest BCUT2D eigenvalue weighted by atomic mass is 35.5. The molecule has 1 fully saturated rings. The molecule has 7 heteroatoms. The van der Waals surface area contributed by atoms with Gasteiger partial charge in [-0.2, -0.15) is 0 Å². The third kappa shape index (κ3) is 3.69. The Morgan fingerprint density at radius 2 is 1.79 bits per heavy atom. The Bertz CT molecular complexity index is 879. The Morgan fingerprint density at radius 3 is 2.43 bits per heavy atom. The SMILES string of the molecule is O=C(O)[C@@H]1Cc2ccccc2CN1C(=O)C1CCN(c2ccc(Cl)cn2)CC1. The molecule has 2 aromatic rings. The summed E-state index contributed by atoms with van der Waals surface area (Å²) in [5.74, 6) is -0.294. The van der Waals surface area contributed by atoms with Gasteiger partial charge in [0.2, 0.25) is 5.91 Å². The van der Waals surface area contributed by atoms with E-state index in [1.54, 1.807) is 11.1 Å². The van der Waals surface area contributed by atoms with Gasteiger partial charge in [-0.3, -0.25) is 4.79 Å². The Kier molecular flexibility index (Phi) is 5.22. The van der Waals surface area contributed by atoms with Gasteiger partial charge in [-0.15, -0.1) is 0 Å². The van der Waals surface area contributed by atoms with Crippen molar-refractivity contribution >= 4 is 29.3 Å². The molecule has 146 valence electrons. The fourth-order valence-corrected chi connectivity index (χ4v) is 4.23. The average Bonchev–Trinajstić information content (AvgIpc) is 2.73. The number of fused-ring (bicyclic) bond motifs is 1. The molecule has 0 saturated carbocycles. The zero-order chi connectivity index (χ0) is 19.7. The molecule has 3 heterocycles. The summed E-state index contributed by atoms with van der Waals surface area (Å²) in [5.41, 5.74) is 2.05. The van der Waals surface area contributed by atoms with E-state index in [1.165, 1.54) is 0 Å². The van der Waals surface area contributed by atoms with Crippen molar-refractivity contribution in [2.45, 2.75) is 31.8 Å². The van der Waals surface area contributed by atoms with Crippen molar-refractivity contribution < 1.29 is 14.7 Å². The van der Waals surface area contributed by atoms with Crippen LogP contribution in [0.25, 0.3) is 0 Å². The van der Waals surface area contributed by atoms with E-state index >= 15 is 0 Å². The summed E-state index contributed by atoms with van der Waals surface area (Å²) in [7, 11) is 0. The summed E-state index contributed by atoms with van der Waals surface area (Å²) in [4.78, 5) is 33.0. The molecule has 2 aliphatic heterocycles. The molecule has 1 aromatic heterocycles. The van der Waals surface area contributed by atoms with Gasteiger partial charge in [0.15, 0.2) is 0 Å². The number of carboxylic acids is 1. The number of carbonyl (C=O) groups excluding carboxylic acids is 1. The van der Waals surface area contributed by atoms with E-state index in [0.717, 1.165) is 16.9 Å². The van der Waals surface area contributed by atoms with E-state index in [2.05, 4.69) is 9.88 Å². The van der Waals surface area contributed by atoms with Gasteiger partial charge in [-0.25, -0.2) is 9.78 Å². The highest BCUT2D eigenvalue weighted by Crippen LogP contribution is 2.29. The van der Waals surface area contributed by atoms with Crippen LogP contribution in [0, 0.1) is 5.92 Å². The standard InChI is InChI=1S/C21H22ClN3O3/c22-17-5-6-19(23-12-17)24-9-7-14(8-10-24)20(26)25-13-16-4-2-1-3-15(16)11-18(25)21(27)28/h1-6,12,14,18H,7-11,13H2,(H,27,28)/t18-/m0/s1. The maximum Gasteiger partial charge on any atom is 0.326 e. The molecular weight excluding hydrogens is 378 g/mol. The minimum Gasteiger partial charge on any atom is -0.480 e. The molecule has 1 atom stereocenters. The van der Waals surface area contributed by atoms with Crippen LogP contribution < -0.4 is 4.90 Å². The number of aliphatic carboxylic acids is 1. The molecule has 1 amide bonds. The van der Waals surface area contributed by atoms with Crippen LogP contribution in [0.5, 0.6) is 0 Å². The lowest BCUT2D eigenvalue weighted by Crippen LogP contribution is -2.52. The summed E-state index contributed by atoms with van der Waals surface area (Å²) >= 11 is 5.90. The Balaban J connectivity index is 1.45. The number of carbonyl (C=O) groups is 2. The molecule has 1 N–H and O–H groups in total. The molecule has 0 spiro atoms. The number of hydrogen-bond acceptors (Lipinski definition) is 4. The number of benzene rings is 1. The molecule has 0 bridgehead atoms. The van der Waals surface area contributed by atoms with E-state index in [-0.39, 0.29) is 11.8 Å². The smallest absolute Gasteiger partial charge is 0.326 e. The molecule has 0 aliphatic carbocycles. The van der Waals surface area contributed by atoms with Crippen LogP contribution in [-0.4, -0.2) is 46.0 Å². The van der Waals surface area contributed by atoms with Crippen LogP contribution in [-0.2, 0) is 22.6 Å². The molecule has 0 unspecified atom stereocenters. The zero-order valence-electron chi connectivity index (χ0n) is 15.4. The van der Waals surface area contributed by atoms with Gasteiger partial charge in [-0.1, -0.05) is 35.9 Å². The number of aromatic nitrogens is 1. The molecule has 4 rings (SSSR count). The van der Waals surface area contributed by atoms with Crippen molar-refractivity contribution in [3.05, 3.63) is 58.7 Å². The first-order valence-corrected chi connectivity index (χ1v) is 9.87. The van der Waals surface area contributed by atoms with E-state index in [0.29, 0.717) is 43.9 Å². The number of halogens is 1. The van der Waals surface area contributed by atoms with Gasteiger partial charge in [0.1, 0.15) is 11.9 Å². The van der Waals surface area contributed by atoms with Crippen molar-refractivity contribution in [1.29, 1.82) is 0 Å². The van der Waals surface area contributed by atoms with E-state index in [1.807, 2.05) is 36.4 Å². The second kappa shape index (κ2) is 7.80. The lowest BCUT2D eigenvalue weighted by atomic mass is 9.90. The maximum absolute atomic E-state index is 13.2. The number of hydrogen-bond donors (Lipinski definition) is 1. The van der Waals surface area contributed by atoms with Gasteiger partial charge < -0.3 is 14.9 Å². The van der Waals surface area contributed by atoms with Gasteiger partial charge in [0.05, 0.1) is 5.02 Å². The van der Waals surface area contributed by atoms with Crippen LogP contribution in [0.4, 0.5) is 5.82 Å². The second-order valence-corrected chi connectivity index (χ2v) is 7.83. The van der Waals surface area contributed by atoms with Gasteiger partial charge >= 0.3 is 5.97 Å². The van der Waals surface area contributed by atoms with Crippen molar-refractivity contribution in [2.75, 3.05) is 18.0 Å². The second-order valence-electron chi connectivity index (χ2n) is 7.39. The first kappa shape index (κ1) is 18.7. The Hall–Kier alpha value is -2.60. The van der Waals surface area contributed by atoms with Crippen LogP contribution in [0.3, 0.4) is 0 Å². The third-order valence-electron chi connectivity index (χ3n) is 5.70. The van der Waals surface area contributed by atoms with Crippen LogP contribution in [0.15, 0.2) is 42.6 Å². The first-order chi connectivity index (χ1) is 13.5. The summed E-state index contributed by atoms with van der Waals surface area (Å²) in [6.07, 6.45) is 3.36. The largest absolute Gasteiger partial charge is 0.480 e. The molecular formula is C21H22ClN3O3. The monoisotopic (exact) mass is 399 g/mol. The number of anilines is 1. The van der Waals surface area contributed by atoms with E-state index in [4.69, 9.17) is 11.6 Å². The Morgan fingerprint density at radius 1 is 1.07 bits per heavy atom. The third-order valence-corrected chi connectivity index (χ3v) is 5.92. The fourth-order valence-electron chi connectivity index (χ4n) is 4.12. The molecule has 1 saturated heterocycles. The molecule has 2 aliphatic rings.